The lowest BCUT2D eigenvalue weighted by molar-refractivity contribution is -0.0161. The van der Waals surface area contributed by atoms with Crippen LogP contribution in [-0.2, 0) is 9.47 Å². The van der Waals surface area contributed by atoms with Crippen LogP contribution >= 0.6 is 0 Å². The topological polar surface area (TPSA) is 58.1 Å². The zero-order valence-corrected chi connectivity index (χ0v) is 11.0. The summed E-state index contributed by atoms with van der Waals surface area (Å²) in [5.41, 5.74) is 0. The number of rotatable bonds is 5. The second-order valence-electron chi connectivity index (χ2n) is 4.13. The number of hydrogen-bond acceptors (Lipinski definition) is 4. The zero-order valence-electron chi connectivity index (χ0n) is 11.0. The molecule has 0 aromatic rings. The minimum absolute atomic E-state index is 0.231. The first-order chi connectivity index (χ1) is 8.26. The third-order valence-electron chi connectivity index (χ3n) is 2.66. The van der Waals surface area contributed by atoms with Gasteiger partial charge in [-0.25, -0.2) is 0 Å². The molecular weight excluding hydrogens is 220 g/mol. The van der Waals surface area contributed by atoms with Gasteiger partial charge in [-0.1, -0.05) is 0 Å². The van der Waals surface area contributed by atoms with E-state index in [1.54, 1.807) is 14.2 Å². The van der Waals surface area contributed by atoms with E-state index in [1.165, 1.54) is 0 Å². The minimum atomic E-state index is 0.231. The van der Waals surface area contributed by atoms with Crippen molar-refractivity contribution >= 4 is 5.96 Å². The van der Waals surface area contributed by atoms with E-state index in [9.17, 15) is 0 Å². The number of hydrogen-bond donors (Lipinski definition) is 2. The molecule has 0 amide bonds. The molecule has 6 nitrogen and oxygen atoms in total. The van der Waals surface area contributed by atoms with E-state index in [1.807, 2.05) is 0 Å². The number of morpholine rings is 1. The fourth-order valence-corrected chi connectivity index (χ4v) is 1.69. The summed E-state index contributed by atoms with van der Waals surface area (Å²) >= 11 is 0. The third-order valence-corrected chi connectivity index (χ3v) is 2.66. The van der Waals surface area contributed by atoms with Crippen LogP contribution in [0.5, 0.6) is 0 Å². The van der Waals surface area contributed by atoms with Crippen LogP contribution in [-0.4, -0.2) is 77.6 Å². The highest BCUT2D eigenvalue weighted by Gasteiger charge is 2.17. The molecule has 0 radical (unpaired) electrons. The Balaban J connectivity index is 2.18. The average molecular weight is 244 g/mol. The van der Waals surface area contributed by atoms with Gasteiger partial charge in [-0.3, -0.25) is 4.99 Å². The van der Waals surface area contributed by atoms with Crippen molar-refractivity contribution in [1.29, 1.82) is 0 Å². The molecule has 100 valence electrons. The van der Waals surface area contributed by atoms with Gasteiger partial charge in [0.25, 0.3) is 0 Å². The number of nitrogens with zero attached hydrogens (tertiary/aromatic N) is 2. The maximum Gasteiger partial charge on any atom is 0.191 e. The van der Waals surface area contributed by atoms with Crippen molar-refractivity contribution in [2.24, 2.45) is 4.99 Å². The highest BCUT2D eigenvalue weighted by atomic mass is 16.5. The van der Waals surface area contributed by atoms with E-state index in [-0.39, 0.29) is 6.10 Å². The number of methoxy groups -OCH3 is 1. The molecule has 2 N–H and O–H groups in total. The van der Waals surface area contributed by atoms with Crippen LogP contribution in [0.15, 0.2) is 4.99 Å². The van der Waals surface area contributed by atoms with E-state index in [0.717, 1.165) is 38.7 Å². The van der Waals surface area contributed by atoms with Crippen LogP contribution in [0.3, 0.4) is 0 Å². The molecule has 1 fully saturated rings. The van der Waals surface area contributed by atoms with Gasteiger partial charge in [0.05, 0.1) is 19.3 Å². The molecule has 1 heterocycles. The Morgan fingerprint density at radius 1 is 1.53 bits per heavy atom. The van der Waals surface area contributed by atoms with Gasteiger partial charge in [0, 0.05) is 40.3 Å². The van der Waals surface area contributed by atoms with Crippen molar-refractivity contribution in [3.05, 3.63) is 0 Å². The summed E-state index contributed by atoms with van der Waals surface area (Å²) in [5, 5.41) is 6.42. The van der Waals surface area contributed by atoms with Gasteiger partial charge in [-0.15, -0.1) is 0 Å². The van der Waals surface area contributed by atoms with E-state index in [0.29, 0.717) is 6.61 Å². The first-order valence-corrected chi connectivity index (χ1v) is 6.00. The van der Waals surface area contributed by atoms with Crippen LogP contribution in [0, 0.1) is 0 Å². The zero-order chi connectivity index (χ0) is 12.5. The van der Waals surface area contributed by atoms with Crippen molar-refractivity contribution in [2.75, 3.05) is 60.6 Å². The van der Waals surface area contributed by atoms with Gasteiger partial charge in [0.2, 0.25) is 0 Å². The Labute approximate surface area is 103 Å². The summed E-state index contributed by atoms with van der Waals surface area (Å²) in [6.07, 6.45) is 0.231. The highest BCUT2D eigenvalue weighted by Crippen LogP contribution is 2.01. The first kappa shape index (κ1) is 14.2. The van der Waals surface area contributed by atoms with Gasteiger partial charge in [0.15, 0.2) is 5.96 Å². The molecule has 1 atom stereocenters. The Morgan fingerprint density at radius 3 is 3.00 bits per heavy atom. The van der Waals surface area contributed by atoms with Crippen LogP contribution < -0.4 is 10.6 Å². The Hall–Kier alpha value is -0.850. The molecule has 6 heteroatoms. The van der Waals surface area contributed by atoms with Crippen LogP contribution in [0.25, 0.3) is 0 Å². The molecule has 1 aliphatic rings. The fourth-order valence-electron chi connectivity index (χ4n) is 1.69. The summed E-state index contributed by atoms with van der Waals surface area (Å²) < 4.78 is 10.6. The number of aliphatic imine (C=N–C) groups is 1. The number of guanidine groups is 1. The molecule has 1 unspecified atom stereocenters. The largest absolute Gasteiger partial charge is 0.383 e. The smallest absolute Gasteiger partial charge is 0.191 e. The summed E-state index contributed by atoms with van der Waals surface area (Å²) in [6, 6.07) is 0. The molecule has 1 rings (SSSR count). The van der Waals surface area contributed by atoms with Crippen molar-refractivity contribution in [3.63, 3.8) is 0 Å². The molecule has 0 spiro atoms. The van der Waals surface area contributed by atoms with Gasteiger partial charge in [0.1, 0.15) is 0 Å². The van der Waals surface area contributed by atoms with E-state index >= 15 is 0 Å². The second kappa shape index (κ2) is 8.27. The highest BCUT2D eigenvalue weighted by molar-refractivity contribution is 5.79. The lowest BCUT2D eigenvalue weighted by atomic mass is 10.3. The van der Waals surface area contributed by atoms with E-state index < -0.39 is 0 Å². The Kier molecular flexibility index (Phi) is 6.91. The number of ether oxygens (including phenoxy) is 2. The number of nitrogens with one attached hydrogen (secondary N) is 2. The SMILES string of the molecule is CN=C(NCCOC)NCC1CN(C)CCO1. The molecule has 0 aromatic heterocycles. The summed E-state index contributed by atoms with van der Waals surface area (Å²) in [6.45, 7) is 4.97. The van der Waals surface area contributed by atoms with E-state index in [4.69, 9.17) is 9.47 Å². The molecule has 0 aliphatic carbocycles. The van der Waals surface area contributed by atoms with Gasteiger partial charge < -0.3 is 25.0 Å². The quantitative estimate of drug-likeness (QED) is 0.374. The molecule has 17 heavy (non-hydrogen) atoms. The van der Waals surface area contributed by atoms with Crippen LogP contribution in [0.4, 0.5) is 0 Å². The fraction of sp³-hybridized carbons (Fsp3) is 0.909. The Morgan fingerprint density at radius 2 is 2.35 bits per heavy atom. The van der Waals surface area contributed by atoms with Crippen LogP contribution in [0.2, 0.25) is 0 Å². The normalized spacial score (nSPS) is 22.5. The van der Waals surface area contributed by atoms with Crippen molar-refractivity contribution < 1.29 is 9.47 Å². The maximum atomic E-state index is 5.66. The predicted molar refractivity (Wildman–Crippen MR) is 68.5 cm³/mol. The van der Waals surface area contributed by atoms with Gasteiger partial charge in [-0.05, 0) is 7.05 Å². The lowest BCUT2D eigenvalue weighted by Gasteiger charge is -2.30. The summed E-state index contributed by atoms with van der Waals surface area (Å²) in [7, 11) is 5.56. The summed E-state index contributed by atoms with van der Waals surface area (Å²) in [4.78, 5) is 6.41. The molecule has 0 aromatic carbocycles. The van der Waals surface area contributed by atoms with Crippen LogP contribution in [0.1, 0.15) is 0 Å². The van der Waals surface area contributed by atoms with Crippen molar-refractivity contribution in [2.45, 2.75) is 6.10 Å². The molecule has 1 saturated heterocycles. The molecular formula is C11H24N4O2. The summed E-state index contributed by atoms with van der Waals surface area (Å²) in [5.74, 6) is 0.791. The third kappa shape index (κ3) is 5.86. The van der Waals surface area contributed by atoms with Crippen molar-refractivity contribution in [3.8, 4) is 0 Å². The standard InChI is InChI=1S/C11H24N4O2/c1-12-11(13-4-6-16-3)14-8-10-9-15(2)5-7-17-10/h10H,4-9H2,1-3H3,(H2,12,13,14). The number of likely N-dealkylation sites (N-methyl/N-ethyl adjacent to an activating group) is 1. The van der Waals surface area contributed by atoms with Crippen molar-refractivity contribution in [1.82, 2.24) is 15.5 Å². The lowest BCUT2D eigenvalue weighted by Crippen LogP contribution is -2.48. The second-order valence-corrected chi connectivity index (χ2v) is 4.13. The first-order valence-electron chi connectivity index (χ1n) is 6.00. The molecule has 1 aliphatic heterocycles. The van der Waals surface area contributed by atoms with Gasteiger partial charge >= 0.3 is 0 Å². The van der Waals surface area contributed by atoms with Gasteiger partial charge in [-0.2, -0.15) is 0 Å². The minimum Gasteiger partial charge on any atom is -0.383 e. The molecule has 0 saturated carbocycles. The average Bonchev–Trinajstić information content (AvgIpc) is 2.34. The predicted octanol–water partition coefficient (Wildman–Crippen LogP) is -0.872. The Bertz CT molecular complexity index is 236. The monoisotopic (exact) mass is 244 g/mol. The van der Waals surface area contributed by atoms with E-state index in [2.05, 4.69) is 27.6 Å². The molecule has 0 bridgehead atoms. The maximum absolute atomic E-state index is 5.66.